The Balaban J connectivity index is 1.63. The maximum absolute atomic E-state index is 5.69. The van der Waals surface area contributed by atoms with Gasteiger partial charge in [0.2, 0.25) is 0 Å². The lowest BCUT2D eigenvalue weighted by atomic mass is 10.2. The average molecular weight is 202 g/mol. The van der Waals surface area contributed by atoms with Crippen LogP contribution in [0.15, 0.2) is 0 Å². The van der Waals surface area contributed by atoms with Crippen LogP contribution < -0.4 is 0 Å². The van der Waals surface area contributed by atoms with Crippen LogP contribution in [0, 0.1) is 0 Å². The van der Waals surface area contributed by atoms with Crippen molar-refractivity contribution in [2.45, 2.75) is 38.3 Å². The van der Waals surface area contributed by atoms with Gasteiger partial charge in [-0.3, -0.25) is 0 Å². The maximum Gasteiger partial charge on any atom is 0.163 e. The zero-order valence-corrected chi connectivity index (χ0v) is 8.82. The van der Waals surface area contributed by atoms with Gasteiger partial charge in [0.05, 0.1) is 32.5 Å². The first-order chi connectivity index (χ1) is 6.66. The number of hydrogen-bond donors (Lipinski definition) is 0. The van der Waals surface area contributed by atoms with Gasteiger partial charge in [0, 0.05) is 0 Å². The highest BCUT2D eigenvalue weighted by molar-refractivity contribution is 4.71. The van der Waals surface area contributed by atoms with Crippen LogP contribution in [-0.2, 0) is 18.9 Å². The normalized spacial score (nSPS) is 35.6. The van der Waals surface area contributed by atoms with E-state index in [1.807, 2.05) is 13.8 Å². The second-order valence-electron chi connectivity index (χ2n) is 4.27. The van der Waals surface area contributed by atoms with Gasteiger partial charge in [-0.1, -0.05) is 0 Å². The molecule has 0 aromatic carbocycles. The summed E-state index contributed by atoms with van der Waals surface area (Å²) < 4.78 is 21.7. The molecule has 0 bridgehead atoms. The summed E-state index contributed by atoms with van der Waals surface area (Å²) >= 11 is 0. The third-order valence-corrected chi connectivity index (χ3v) is 2.35. The first-order valence-electron chi connectivity index (χ1n) is 5.17. The third-order valence-electron chi connectivity index (χ3n) is 2.35. The molecule has 2 heterocycles. The molecule has 2 aliphatic heterocycles. The lowest BCUT2D eigenvalue weighted by Crippen LogP contribution is -2.41. The van der Waals surface area contributed by atoms with Gasteiger partial charge >= 0.3 is 0 Å². The number of rotatable bonds is 4. The van der Waals surface area contributed by atoms with E-state index >= 15 is 0 Å². The summed E-state index contributed by atoms with van der Waals surface area (Å²) in [5.41, 5.74) is 0. The largest absolute Gasteiger partial charge is 0.376 e. The molecule has 2 atom stereocenters. The molecule has 0 aromatic heterocycles. The van der Waals surface area contributed by atoms with Crippen molar-refractivity contribution in [1.29, 1.82) is 0 Å². The van der Waals surface area contributed by atoms with Crippen molar-refractivity contribution in [3.63, 3.8) is 0 Å². The van der Waals surface area contributed by atoms with Gasteiger partial charge in [0.1, 0.15) is 6.10 Å². The Labute approximate surface area is 84.5 Å². The molecular weight excluding hydrogens is 184 g/mol. The van der Waals surface area contributed by atoms with E-state index < -0.39 is 5.79 Å². The van der Waals surface area contributed by atoms with E-state index in [9.17, 15) is 0 Å². The highest BCUT2D eigenvalue weighted by Crippen LogP contribution is 2.22. The van der Waals surface area contributed by atoms with Gasteiger partial charge in [0.25, 0.3) is 0 Å². The molecule has 82 valence electrons. The molecular formula is C10H18O4. The zero-order chi connectivity index (χ0) is 10.0. The number of ether oxygens (including phenoxy) is 4. The molecule has 0 saturated carbocycles. The van der Waals surface area contributed by atoms with Crippen molar-refractivity contribution in [3.05, 3.63) is 0 Å². The maximum atomic E-state index is 5.69. The molecule has 2 aliphatic rings. The van der Waals surface area contributed by atoms with Crippen molar-refractivity contribution in [2.24, 2.45) is 0 Å². The highest BCUT2D eigenvalue weighted by Gasteiger charge is 2.30. The van der Waals surface area contributed by atoms with Gasteiger partial charge in [-0.25, -0.2) is 0 Å². The van der Waals surface area contributed by atoms with Crippen molar-refractivity contribution in [2.75, 3.05) is 26.4 Å². The molecule has 2 fully saturated rings. The van der Waals surface area contributed by atoms with Gasteiger partial charge in [-0.15, -0.1) is 0 Å². The van der Waals surface area contributed by atoms with Crippen molar-refractivity contribution >= 4 is 0 Å². The second-order valence-corrected chi connectivity index (χ2v) is 4.27. The molecule has 0 radical (unpaired) electrons. The van der Waals surface area contributed by atoms with E-state index in [4.69, 9.17) is 18.9 Å². The first kappa shape index (κ1) is 10.4. The Kier molecular flexibility index (Phi) is 3.07. The topological polar surface area (TPSA) is 40.2 Å². The summed E-state index contributed by atoms with van der Waals surface area (Å²) in [7, 11) is 0. The summed E-state index contributed by atoms with van der Waals surface area (Å²) in [5, 5.41) is 0. The third kappa shape index (κ3) is 3.20. The van der Waals surface area contributed by atoms with Crippen LogP contribution in [0.5, 0.6) is 0 Å². The fourth-order valence-electron chi connectivity index (χ4n) is 1.54. The number of hydrogen-bond acceptors (Lipinski definition) is 4. The molecule has 1 unspecified atom stereocenters. The van der Waals surface area contributed by atoms with Gasteiger partial charge in [0.15, 0.2) is 5.79 Å². The Morgan fingerprint density at radius 2 is 2.00 bits per heavy atom. The van der Waals surface area contributed by atoms with Crippen LogP contribution in [-0.4, -0.2) is 44.4 Å². The molecule has 2 rings (SSSR count). The summed E-state index contributed by atoms with van der Waals surface area (Å²) in [4.78, 5) is 0. The van der Waals surface area contributed by atoms with Crippen LogP contribution in [0.25, 0.3) is 0 Å². The minimum absolute atomic E-state index is 0.164. The van der Waals surface area contributed by atoms with Crippen LogP contribution in [0.1, 0.15) is 20.3 Å². The molecule has 4 heteroatoms. The van der Waals surface area contributed by atoms with E-state index in [0.717, 1.165) is 19.6 Å². The fourth-order valence-corrected chi connectivity index (χ4v) is 1.54. The molecule has 0 N–H and O–H groups in total. The van der Waals surface area contributed by atoms with Crippen LogP contribution in [0.4, 0.5) is 0 Å². The van der Waals surface area contributed by atoms with E-state index in [0.29, 0.717) is 19.3 Å². The summed E-state index contributed by atoms with van der Waals surface area (Å²) in [5.74, 6) is -0.456. The van der Waals surface area contributed by atoms with Crippen molar-refractivity contribution in [1.82, 2.24) is 0 Å². The molecule has 0 aromatic rings. The van der Waals surface area contributed by atoms with Crippen LogP contribution >= 0.6 is 0 Å². The Morgan fingerprint density at radius 3 is 2.64 bits per heavy atom. The fraction of sp³-hybridized carbons (Fsp3) is 1.00. The van der Waals surface area contributed by atoms with Gasteiger partial charge in [-0.2, -0.15) is 0 Å². The minimum atomic E-state index is -0.456. The average Bonchev–Trinajstić information content (AvgIpc) is 2.86. The minimum Gasteiger partial charge on any atom is -0.376 e. The summed E-state index contributed by atoms with van der Waals surface area (Å²) in [6.07, 6.45) is 1.41. The van der Waals surface area contributed by atoms with Gasteiger partial charge < -0.3 is 18.9 Å². The molecule has 2 saturated heterocycles. The van der Waals surface area contributed by atoms with E-state index in [-0.39, 0.29) is 6.10 Å². The lowest BCUT2D eigenvalue weighted by Gasteiger charge is -2.35. The first-order valence-corrected chi connectivity index (χ1v) is 5.17. The van der Waals surface area contributed by atoms with Crippen LogP contribution in [0.3, 0.4) is 0 Å². The predicted octanol–water partition coefficient (Wildman–Crippen LogP) is 0.943. The quantitative estimate of drug-likeness (QED) is 0.636. The second kappa shape index (κ2) is 4.14. The SMILES string of the molecule is CC1(C)OCC[C@H](COCC2CO2)O1. The lowest BCUT2D eigenvalue weighted by molar-refractivity contribution is -0.280. The number of epoxide rings is 1. The van der Waals surface area contributed by atoms with E-state index in [1.54, 1.807) is 0 Å². The predicted molar refractivity (Wildman–Crippen MR) is 50.1 cm³/mol. The molecule has 0 spiro atoms. The summed E-state index contributed by atoms with van der Waals surface area (Å²) in [6.45, 7) is 6.81. The smallest absolute Gasteiger partial charge is 0.163 e. The van der Waals surface area contributed by atoms with E-state index in [1.165, 1.54) is 0 Å². The Bertz CT molecular complexity index is 189. The highest BCUT2D eigenvalue weighted by atomic mass is 16.7. The van der Waals surface area contributed by atoms with E-state index in [2.05, 4.69) is 0 Å². The standard InChI is InChI=1S/C10H18O4/c1-10(2)13-4-3-8(14-10)5-11-6-9-7-12-9/h8-9H,3-7H2,1-2H3/t8-,9?/m1/s1. The molecule has 0 amide bonds. The van der Waals surface area contributed by atoms with Gasteiger partial charge in [-0.05, 0) is 20.3 Å². The Morgan fingerprint density at radius 1 is 1.29 bits per heavy atom. The van der Waals surface area contributed by atoms with Crippen molar-refractivity contribution < 1.29 is 18.9 Å². The molecule has 4 nitrogen and oxygen atoms in total. The summed E-state index contributed by atoms with van der Waals surface area (Å²) in [6, 6.07) is 0. The zero-order valence-electron chi connectivity index (χ0n) is 8.82. The monoisotopic (exact) mass is 202 g/mol. The van der Waals surface area contributed by atoms with Crippen molar-refractivity contribution in [3.8, 4) is 0 Å². The van der Waals surface area contributed by atoms with Crippen LogP contribution in [0.2, 0.25) is 0 Å². The Hall–Kier alpha value is -0.160. The molecule has 0 aliphatic carbocycles. The molecule has 14 heavy (non-hydrogen) atoms.